The molecule has 3 rings (SSSR count). The van der Waals surface area contributed by atoms with Crippen LogP contribution < -0.4 is 9.64 Å². The summed E-state index contributed by atoms with van der Waals surface area (Å²) in [5, 5.41) is 0. The molecule has 100 valence electrons. The van der Waals surface area contributed by atoms with E-state index < -0.39 is 0 Å². The molecular formula is C9H5NO3S6. The van der Waals surface area contributed by atoms with Crippen molar-refractivity contribution in [1.29, 1.82) is 0 Å². The number of nitrogens with zero attached hydrogens (tertiary/aromatic N) is 1. The molecule has 0 fully saturated rings. The maximum Gasteiger partial charge on any atom is 0.293 e. The molecule has 1 aliphatic rings. The van der Waals surface area contributed by atoms with Gasteiger partial charge in [0.1, 0.15) is 24.5 Å². The lowest BCUT2D eigenvalue weighted by molar-refractivity contribution is -0.128. The van der Waals surface area contributed by atoms with E-state index in [9.17, 15) is 9.59 Å². The Hall–Kier alpha value is -0.260. The highest BCUT2D eigenvalue weighted by Gasteiger charge is 2.30. The van der Waals surface area contributed by atoms with Crippen molar-refractivity contribution >= 4 is 83.2 Å². The maximum absolute atomic E-state index is 12.0. The molecule has 19 heavy (non-hydrogen) atoms. The SMILES string of the molecule is O=COCCN1c2c(ssc2=O)Sc2ssc(=S)c21. The zero-order valence-corrected chi connectivity index (χ0v) is 14.0. The molecule has 0 saturated heterocycles. The molecule has 2 aromatic heterocycles. The minimum Gasteiger partial charge on any atom is -0.466 e. The summed E-state index contributed by atoms with van der Waals surface area (Å²) in [6.07, 6.45) is 0. The van der Waals surface area contributed by atoms with Crippen molar-refractivity contribution in [3.63, 3.8) is 0 Å². The number of hydrogen-bond donors (Lipinski definition) is 0. The van der Waals surface area contributed by atoms with Crippen molar-refractivity contribution in [2.45, 2.75) is 8.42 Å². The molecular weight excluding hydrogens is 363 g/mol. The normalized spacial score (nSPS) is 12.9. The number of carbonyl (C=O) groups is 1. The molecule has 0 atom stereocenters. The molecule has 0 amide bonds. The third-order valence-corrected chi connectivity index (χ3v) is 9.54. The van der Waals surface area contributed by atoms with Gasteiger partial charge >= 0.3 is 0 Å². The summed E-state index contributed by atoms with van der Waals surface area (Å²) in [6, 6.07) is 0. The fourth-order valence-electron chi connectivity index (χ4n) is 1.66. The van der Waals surface area contributed by atoms with Crippen molar-refractivity contribution in [2.24, 2.45) is 0 Å². The van der Waals surface area contributed by atoms with Gasteiger partial charge in [0, 0.05) is 0 Å². The van der Waals surface area contributed by atoms with Crippen LogP contribution in [0.1, 0.15) is 0 Å². The topological polar surface area (TPSA) is 46.6 Å². The average molecular weight is 368 g/mol. The van der Waals surface area contributed by atoms with Crippen LogP contribution in [0.3, 0.4) is 0 Å². The Balaban J connectivity index is 2.06. The van der Waals surface area contributed by atoms with Gasteiger partial charge < -0.3 is 9.64 Å². The molecule has 3 heterocycles. The first-order chi connectivity index (χ1) is 9.22. The van der Waals surface area contributed by atoms with Gasteiger partial charge in [0.2, 0.25) is 0 Å². The summed E-state index contributed by atoms with van der Waals surface area (Å²) >= 11 is 6.95. The van der Waals surface area contributed by atoms with Gasteiger partial charge in [-0.1, -0.05) is 55.0 Å². The van der Waals surface area contributed by atoms with Crippen molar-refractivity contribution < 1.29 is 9.53 Å². The molecule has 0 aliphatic carbocycles. The van der Waals surface area contributed by atoms with E-state index in [1.54, 1.807) is 22.1 Å². The van der Waals surface area contributed by atoms with Crippen molar-refractivity contribution in [3.05, 3.63) is 13.4 Å². The Morgan fingerprint density at radius 2 is 1.89 bits per heavy atom. The number of fused-ring (bicyclic) bond motifs is 2. The Bertz CT molecular complexity index is 671. The zero-order valence-electron chi connectivity index (χ0n) is 9.11. The van der Waals surface area contributed by atoms with Crippen molar-refractivity contribution in [3.8, 4) is 0 Å². The summed E-state index contributed by atoms with van der Waals surface area (Å²) in [7, 11) is 5.87. The molecule has 0 spiro atoms. The van der Waals surface area contributed by atoms with E-state index in [1.165, 1.54) is 31.0 Å². The van der Waals surface area contributed by atoms with Gasteiger partial charge in [-0.15, -0.1) is 0 Å². The minimum absolute atomic E-state index is 0.0369. The molecule has 0 saturated carbocycles. The highest BCUT2D eigenvalue weighted by molar-refractivity contribution is 8.06. The Morgan fingerprint density at radius 3 is 2.68 bits per heavy atom. The van der Waals surface area contributed by atoms with Crippen LogP contribution in [0.5, 0.6) is 0 Å². The summed E-state index contributed by atoms with van der Waals surface area (Å²) < 4.78 is 7.67. The lowest BCUT2D eigenvalue weighted by Crippen LogP contribution is -2.27. The van der Waals surface area contributed by atoms with Gasteiger partial charge in [0.05, 0.1) is 12.2 Å². The quantitative estimate of drug-likeness (QED) is 0.354. The number of hydrogen-bond acceptors (Lipinski definition) is 10. The van der Waals surface area contributed by atoms with Crippen LogP contribution in [0, 0.1) is 3.82 Å². The monoisotopic (exact) mass is 367 g/mol. The molecule has 2 aromatic rings. The van der Waals surface area contributed by atoms with Crippen LogP contribution >= 0.6 is 65.3 Å². The Labute approximate surface area is 132 Å². The van der Waals surface area contributed by atoms with E-state index in [1.807, 2.05) is 4.90 Å². The van der Waals surface area contributed by atoms with E-state index >= 15 is 0 Å². The van der Waals surface area contributed by atoms with Crippen molar-refractivity contribution in [1.82, 2.24) is 0 Å². The molecule has 0 bridgehead atoms. The smallest absolute Gasteiger partial charge is 0.293 e. The second-order valence-electron chi connectivity index (χ2n) is 3.40. The van der Waals surface area contributed by atoms with E-state index in [0.29, 0.717) is 18.7 Å². The van der Waals surface area contributed by atoms with Gasteiger partial charge in [0.15, 0.2) is 0 Å². The van der Waals surface area contributed by atoms with Gasteiger partial charge in [-0.25, -0.2) is 0 Å². The number of rotatable bonds is 4. The van der Waals surface area contributed by atoms with E-state index in [4.69, 9.17) is 17.0 Å². The largest absolute Gasteiger partial charge is 0.466 e. The number of ether oxygens (including phenoxy) is 1. The van der Waals surface area contributed by atoms with Crippen LogP contribution in [-0.2, 0) is 9.53 Å². The maximum atomic E-state index is 12.0. The molecule has 0 N–H and O–H groups in total. The first kappa shape index (κ1) is 13.7. The Morgan fingerprint density at radius 1 is 1.16 bits per heavy atom. The fourth-order valence-corrected chi connectivity index (χ4v) is 8.81. The third kappa shape index (κ3) is 2.41. The summed E-state index contributed by atoms with van der Waals surface area (Å²) in [4.78, 5) is 24.1. The minimum atomic E-state index is 0.0369. The predicted octanol–water partition coefficient (Wildman–Crippen LogP) is 3.80. The number of carbonyl (C=O) groups excluding carboxylic acids is 1. The van der Waals surface area contributed by atoms with Crippen LogP contribution in [0.15, 0.2) is 13.2 Å². The van der Waals surface area contributed by atoms with Gasteiger partial charge in [-0.05, 0) is 10.3 Å². The highest BCUT2D eigenvalue weighted by atomic mass is 32.9. The standard InChI is InChI=1S/C9H5NO3S6/c11-3-13-2-1-10-4-6(12)16-18-8(4)15-9-5(10)7(14)17-19-9/h3H,1-2H2. The van der Waals surface area contributed by atoms with Crippen LogP contribution in [-0.4, -0.2) is 19.6 Å². The van der Waals surface area contributed by atoms with E-state index in [2.05, 4.69) is 0 Å². The van der Waals surface area contributed by atoms with Crippen molar-refractivity contribution in [2.75, 3.05) is 18.1 Å². The lowest BCUT2D eigenvalue weighted by Gasteiger charge is -2.26. The van der Waals surface area contributed by atoms with Gasteiger partial charge in [-0.2, -0.15) is 0 Å². The lowest BCUT2D eigenvalue weighted by atomic mass is 10.4. The summed E-state index contributed by atoms with van der Waals surface area (Å²) in [5.41, 5.74) is 1.60. The van der Waals surface area contributed by atoms with Gasteiger partial charge in [-0.3, -0.25) is 9.59 Å². The molecule has 0 radical (unpaired) electrons. The summed E-state index contributed by atoms with van der Waals surface area (Å²) in [5.74, 6) is 0. The second kappa shape index (κ2) is 5.62. The predicted molar refractivity (Wildman–Crippen MR) is 84.6 cm³/mol. The molecule has 1 aliphatic heterocycles. The molecule has 4 nitrogen and oxygen atoms in total. The van der Waals surface area contributed by atoms with Crippen LogP contribution in [0.2, 0.25) is 0 Å². The molecule has 0 aromatic carbocycles. The van der Waals surface area contributed by atoms with Crippen LogP contribution in [0.4, 0.5) is 11.4 Å². The van der Waals surface area contributed by atoms with Gasteiger partial charge in [0.25, 0.3) is 11.2 Å². The van der Waals surface area contributed by atoms with Crippen LogP contribution in [0.25, 0.3) is 0 Å². The Kier molecular flexibility index (Phi) is 4.06. The van der Waals surface area contributed by atoms with E-state index in [-0.39, 0.29) is 11.3 Å². The highest BCUT2D eigenvalue weighted by Crippen LogP contribution is 2.54. The van der Waals surface area contributed by atoms with E-state index in [0.717, 1.165) is 17.9 Å². The first-order valence-corrected chi connectivity index (χ1v) is 10.5. The zero-order chi connectivity index (χ0) is 13.4. The molecule has 10 heteroatoms. The fraction of sp³-hybridized carbons (Fsp3) is 0.222. The summed E-state index contributed by atoms with van der Waals surface area (Å²) in [6.45, 7) is 1.10. The first-order valence-electron chi connectivity index (χ1n) is 4.99. The number of anilines is 2. The molecule has 0 unspecified atom stereocenters. The average Bonchev–Trinajstić information content (AvgIpc) is 2.94. The third-order valence-electron chi connectivity index (χ3n) is 2.39. The second-order valence-corrected chi connectivity index (χ2v) is 9.87.